The molecule has 1 aromatic heterocycles. The first-order valence-corrected chi connectivity index (χ1v) is 10.6. The number of H-pyrrole nitrogens is 1. The van der Waals surface area contributed by atoms with Crippen molar-refractivity contribution < 1.29 is 4.79 Å². The molecule has 2 aromatic rings. The second-order valence-electron chi connectivity index (χ2n) is 8.38. The van der Waals surface area contributed by atoms with Gasteiger partial charge in [-0.15, -0.1) is 0 Å². The number of rotatable bonds is 5. The van der Waals surface area contributed by atoms with E-state index in [1.54, 1.807) is 0 Å². The Labute approximate surface area is 166 Å². The van der Waals surface area contributed by atoms with Crippen molar-refractivity contribution in [1.82, 2.24) is 20.0 Å². The molecule has 1 aromatic carbocycles. The van der Waals surface area contributed by atoms with Crippen molar-refractivity contribution >= 4 is 11.7 Å². The van der Waals surface area contributed by atoms with Gasteiger partial charge < -0.3 is 9.80 Å². The van der Waals surface area contributed by atoms with Gasteiger partial charge in [-0.05, 0) is 37.8 Å². The summed E-state index contributed by atoms with van der Waals surface area (Å²) in [5.41, 5.74) is 2.56. The van der Waals surface area contributed by atoms with Gasteiger partial charge in [0.2, 0.25) is 5.91 Å². The lowest BCUT2D eigenvalue weighted by Gasteiger charge is -2.37. The minimum Gasteiger partial charge on any atom is -0.352 e. The summed E-state index contributed by atoms with van der Waals surface area (Å²) >= 11 is 0. The van der Waals surface area contributed by atoms with E-state index in [0.29, 0.717) is 11.8 Å². The standard InChI is InChI=1S/C22H29N5O/c28-22(20-7-4-10-27(20)16-17-5-2-1-3-6-17)26-13-11-25(12-14-26)21-15-19(23-24-21)18-8-9-18/h1-3,5-6,15,18,20H,4,7-14,16H2,(H,23,24). The maximum atomic E-state index is 13.2. The molecule has 5 rings (SSSR count). The molecule has 28 heavy (non-hydrogen) atoms. The number of aromatic nitrogens is 2. The number of nitrogens with zero attached hydrogens (tertiary/aromatic N) is 4. The van der Waals surface area contributed by atoms with Crippen LogP contribution in [0.5, 0.6) is 0 Å². The van der Waals surface area contributed by atoms with Crippen molar-refractivity contribution in [1.29, 1.82) is 0 Å². The van der Waals surface area contributed by atoms with Gasteiger partial charge in [-0.1, -0.05) is 30.3 Å². The molecule has 1 aliphatic carbocycles. The number of hydrogen-bond acceptors (Lipinski definition) is 4. The van der Waals surface area contributed by atoms with Crippen LogP contribution in [0, 0.1) is 0 Å². The molecule has 0 spiro atoms. The lowest BCUT2D eigenvalue weighted by molar-refractivity contribution is -0.136. The minimum absolute atomic E-state index is 0.0404. The third kappa shape index (κ3) is 3.65. The molecule has 1 N–H and O–H groups in total. The van der Waals surface area contributed by atoms with Gasteiger partial charge in [0.15, 0.2) is 5.82 Å². The van der Waals surface area contributed by atoms with Gasteiger partial charge in [0.1, 0.15) is 0 Å². The Hall–Kier alpha value is -2.34. The largest absolute Gasteiger partial charge is 0.352 e. The van der Waals surface area contributed by atoms with Gasteiger partial charge >= 0.3 is 0 Å². The van der Waals surface area contributed by atoms with Gasteiger partial charge in [0.25, 0.3) is 0 Å². The summed E-state index contributed by atoms with van der Waals surface area (Å²) in [7, 11) is 0. The zero-order chi connectivity index (χ0) is 18.9. The van der Waals surface area contributed by atoms with Crippen LogP contribution in [-0.2, 0) is 11.3 Å². The first kappa shape index (κ1) is 17.7. The van der Waals surface area contributed by atoms with Crippen molar-refractivity contribution in [2.75, 3.05) is 37.6 Å². The first-order valence-electron chi connectivity index (χ1n) is 10.6. The number of piperazine rings is 1. The van der Waals surface area contributed by atoms with Crippen LogP contribution in [0.1, 0.15) is 42.9 Å². The number of nitrogens with one attached hydrogen (secondary N) is 1. The number of anilines is 1. The number of likely N-dealkylation sites (tertiary alicyclic amines) is 1. The molecule has 3 aliphatic rings. The van der Waals surface area contributed by atoms with Crippen LogP contribution in [0.3, 0.4) is 0 Å². The maximum absolute atomic E-state index is 13.2. The molecule has 0 radical (unpaired) electrons. The zero-order valence-corrected chi connectivity index (χ0v) is 16.4. The fourth-order valence-corrected chi connectivity index (χ4v) is 4.57. The average Bonchev–Trinajstić information content (AvgIpc) is 3.29. The highest BCUT2D eigenvalue weighted by molar-refractivity contribution is 5.82. The molecular formula is C22H29N5O. The number of benzene rings is 1. The van der Waals surface area contributed by atoms with E-state index in [0.717, 1.165) is 57.9 Å². The molecule has 6 heteroatoms. The average molecular weight is 380 g/mol. The fourth-order valence-electron chi connectivity index (χ4n) is 4.57. The van der Waals surface area contributed by atoms with E-state index in [-0.39, 0.29) is 6.04 Å². The molecule has 3 fully saturated rings. The Kier molecular flexibility index (Phi) is 4.81. The quantitative estimate of drug-likeness (QED) is 0.868. The van der Waals surface area contributed by atoms with Crippen molar-refractivity contribution in [3.63, 3.8) is 0 Å². The zero-order valence-electron chi connectivity index (χ0n) is 16.4. The van der Waals surface area contributed by atoms with Crippen molar-refractivity contribution in [3.05, 3.63) is 47.7 Å². The lowest BCUT2D eigenvalue weighted by atomic mass is 10.1. The highest BCUT2D eigenvalue weighted by Crippen LogP contribution is 2.39. The molecule has 0 bridgehead atoms. The maximum Gasteiger partial charge on any atom is 0.240 e. The fraction of sp³-hybridized carbons (Fsp3) is 0.545. The molecular weight excluding hydrogens is 350 g/mol. The van der Waals surface area contributed by atoms with Crippen LogP contribution in [0.25, 0.3) is 0 Å². The summed E-state index contributed by atoms with van der Waals surface area (Å²) in [5, 5.41) is 7.69. The van der Waals surface area contributed by atoms with Crippen LogP contribution >= 0.6 is 0 Å². The van der Waals surface area contributed by atoms with Crippen molar-refractivity contribution in [2.24, 2.45) is 0 Å². The summed E-state index contributed by atoms with van der Waals surface area (Å²) in [4.78, 5) is 19.9. The molecule has 2 saturated heterocycles. The number of hydrogen-bond donors (Lipinski definition) is 1. The Morgan fingerprint density at radius 3 is 2.57 bits per heavy atom. The predicted octanol–water partition coefficient (Wildman–Crippen LogP) is 2.60. The monoisotopic (exact) mass is 379 g/mol. The normalized spacial score (nSPS) is 23.4. The summed E-state index contributed by atoms with van der Waals surface area (Å²) in [6.07, 6.45) is 4.66. The van der Waals surface area contributed by atoms with Crippen LogP contribution in [-0.4, -0.2) is 64.7 Å². The molecule has 1 unspecified atom stereocenters. The summed E-state index contributed by atoms with van der Waals surface area (Å²) in [5.74, 6) is 2.05. The summed E-state index contributed by atoms with van der Waals surface area (Å²) in [6.45, 7) is 5.20. The Balaban J connectivity index is 1.18. The Morgan fingerprint density at radius 1 is 1.04 bits per heavy atom. The third-order valence-electron chi connectivity index (χ3n) is 6.39. The molecule has 1 saturated carbocycles. The Morgan fingerprint density at radius 2 is 1.82 bits per heavy atom. The molecule has 6 nitrogen and oxygen atoms in total. The summed E-state index contributed by atoms with van der Waals surface area (Å²) in [6, 6.07) is 12.7. The highest BCUT2D eigenvalue weighted by Gasteiger charge is 2.35. The van der Waals surface area contributed by atoms with Crippen LogP contribution < -0.4 is 4.90 Å². The second kappa shape index (κ2) is 7.59. The summed E-state index contributed by atoms with van der Waals surface area (Å²) < 4.78 is 0. The molecule has 3 heterocycles. The van der Waals surface area contributed by atoms with E-state index < -0.39 is 0 Å². The minimum atomic E-state index is 0.0404. The lowest BCUT2D eigenvalue weighted by Crippen LogP contribution is -2.53. The van der Waals surface area contributed by atoms with E-state index in [1.165, 1.54) is 24.1 Å². The van der Waals surface area contributed by atoms with Crippen LogP contribution in [0.15, 0.2) is 36.4 Å². The van der Waals surface area contributed by atoms with Gasteiger partial charge in [-0.2, -0.15) is 5.10 Å². The van der Waals surface area contributed by atoms with Crippen molar-refractivity contribution in [3.8, 4) is 0 Å². The van der Waals surface area contributed by atoms with Gasteiger partial charge in [-0.25, -0.2) is 0 Å². The first-order chi connectivity index (χ1) is 13.8. The van der Waals surface area contributed by atoms with E-state index in [9.17, 15) is 4.79 Å². The van der Waals surface area contributed by atoms with Gasteiger partial charge in [0.05, 0.1) is 6.04 Å². The third-order valence-corrected chi connectivity index (χ3v) is 6.39. The number of carbonyl (C=O) groups is 1. The predicted molar refractivity (Wildman–Crippen MR) is 109 cm³/mol. The topological polar surface area (TPSA) is 55.5 Å². The molecule has 1 amide bonds. The SMILES string of the molecule is O=C(C1CCCN1Cc1ccccc1)N1CCN(c2cc(C3CC3)[nH]n2)CC1. The number of aromatic amines is 1. The van der Waals surface area contributed by atoms with E-state index in [1.807, 2.05) is 6.07 Å². The number of amides is 1. The van der Waals surface area contributed by atoms with Gasteiger partial charge in [0, 0.05) is 50.4 Å². The van der Waals surface area contributed by atoms with Gasteiger partial charge in [-0.3, -0.25) is 14.8 Å². The number of carbonyl (C=O) groups excluding carboxylic acids is 1. The second-order valence-corrected chi connectivity index (χ2v) is 8.38. The van der Waals surface area contributed by atoms with E-state index in [4.69, 9.17) is 0 Å². The highest BCUT2D eigenvalue weighted by atomic mass is 16.2. The van der Waals surface area contributed by atoms with E-state index in [2.05, 4.69) is 55.2 Å². The Bertz CT molecular complexity index is 807. The van der Waals surface area contributed by atoms with Crippen LogP contribution in [0.4, 0.5) is 5.82 Å². The molecule has 1 atom stereocenters. The molecule has 2 aliphatic heterocycles. The smallest absolute Gasteiger partial charge is 0.240 e. The molecule has 148 valence electrons. The van der Waals surface area contributed by atoms with Crippen LogP contribution in [0.2, 0.25) is 0 Å². The van der Waals surface area contributed by atoms with E-state index >= 15 is 0 Å². The van der Waals surface area contributed by atoms with Crippen molar-refractivity contribution in [2.45, 2.75) is 44.2 Å².